The van der Waals surface area contributed by atoms with Crippen molar-refractivity contribution in [2.75, 3.05) is 0 Å². The number of imidazole rings is 1. The molecule has 0 saturated heterocycles. The lowest BCUT2D eigenvalue weighted by molar-refractivity contribution is 0.211. The van der Waals surface area contributed by atoms with Crippen molar-refractivity contribution in [3.63, 3.8) is 0 Å². The molecule has 0 aliphatic carbocycles. The molecule has 2 aromatic rings. The third-order valence-corrected chi connectivity index (χ3v) is 2.83. The lowest BCUT2D eigenvalue weighted by Gasteiger charge is -2.06. The van der Waals surface area contributed by atoms with E-state index in [0.29, 0.717) is 5.82 Å². The Labute approximate surface area is 80.1 Å². The monoisotopic (exact) mass is 194 g/mol. The number of aryl methyl sites for hydroxylation is 1. The predicted molar refractivity (Wildman–Crippen MR) is 51.7 cm³/mol. The zero-order chi connectivity index (χ0) is 9.26. The van der Waals surface area contributed by atoms with Crippen LogP contribution in [0.1, 0.15) is 22.4 Å². The van der Waals surface area contributed by atoms with Gasteiger partial charge in [-0.2, -0.15) is 0 Å². The minimum atomic E-state index is -0.624. The summed E-state index contributed by atoms with van der Waals surface area (Å²) in [6.45, 7) is 1.99. The molecule has 0 aliphatic heterocycles. The first-order chi connectivity index (χ1) is 6.29. The third-order valence-electron chi connectivity index (χ3n) is 1.97. The lowest BCUT2D eigenvalue weighted by Crippen LogP contribution is -2.01. The number of H-pyrrole nitrogens is 1. The fourth-order valence-electron chi connectivity index (χ4n) is 1.25. The van der Waals surface area contributed by atoms with E-state index >= 15 is 0 Å². The first-order valence-corrected chi connectivity index (χ1v) is 4.88. The van der Waals surface area contributed by atoms with E-state index in [0.717, 1.165) is 10.4 Å². The summed E-state index contributed by atoms with van der Waals surface area (Å²) in [5.74, 6) is 0.599. The van der Waals surface area contributed by atoms with E-state index in [2.05, 4.69) is 9.97 Å². The van der Waals surface area contributed by atoms with Gasteiger partial charge in [0.1, 0.15) is 11.9 Å². The Morgan fingerprint density at radius 3 is 3.00 bits per heavy atom. The van der Waals surface area contributed by atoms with Gasteiger partial charge >= 0.3 is 0 Å². The van der Waals surface area contributed by atoms with Crippen LogP contribution in [0.25, 0.3) is 0 Å². The largest absolute Gasteiger partial charge is 0.380 e. The van der Waals surface area contributed by atoms with Gasteiger partial charge in [0, 0.05) is 22.8 Å². The SMILES string of the molecule is Cc1sccc1C(O)c1ncc[nH]1. The molecule has 1 atom stereocenters. The number of nitrogens with one attached hydrogen (secondary N) is 1. The molecule has 2 N–H and O–H groups in total. The summed E-state index contributed by atoms with van der Waals surface area (Å²) in [7, 11) is 0. The van der Waals surface area contributed by atoms with Gasteiger partial charge in [-0.05, 0) is 18.4 Å². The molecule has 0 aliphatic rings. The number of hydrogen-bond donors (Lipinski definition) is 2. The van der Waals surface area contributed by atoms with E-state index in [1.807, 2.05) is 18.4 Å². The highest BCUT2D eigenvalue weighted by Crippen LogP contribution is 2.25. The topological polar surface area (TPSA) is 48.9 Å². The summed E-state index contributed by atoms with van der Waals surface area (Å²) in [4.78, 5) is 8.04. The van der Waals surface area contributed by atoms with Crippen molar-refractivity contribution in [2.45, 2.75) is 13.0 Å². The maximum absolute atomic E-state index is 9.86. The van der Waals surface area contributed by atoms with Crippen LogP contribution in [0.5, 0.6) is 0 Å². The second kappa shape index (κ2) is 3.32. The quantitative estimate of drug-likeness (QED) is 0.766. The molecule has 1 unspecified atom stereocenters. The van der Waals surface area contributed by atoms with Crippen molar-refractivity contribution in [2.24, 2.45) is 0 Å². The second-order valence-corrected chi connectivity index (χ2v) is 3.93. The maximum Gasteiger partial charge on any atom is 0.139 e. The third kappa shape index (κ3) is 1.50. The molecular weight excluding hydrogens is 184 g/mol. The van der Waals surface area contributed by atoms with Gasteiger partial charge in [0.2, 0.25) is 0 Å². The number of aliphatic hydroxyl groups excluding tert-OH is 1. The molecule has 4 heteroatoms. The Hall–Kier alpha value is -1.13. The molecule has 0 aromatic carbocycles. The summed E-state index contributed by atoms with van der Waals surface area (Å²) in [5.41, 5.74) is 0.931. The van der Waals surface area contributed by atoms with E-state index in [1.165, 1.54) is 0 Å². The smallest absolute Gasteiger partial charge is 0.139 e. The Balaban J connectivity index is 2.33. The number of aromatic nitrogens is 2. The lowest BCUT2D eigenvalue weighted by atomic mass is 10.1. The number of aromatic amines is 1. The molecule has 2 heterocycles. The molecule has 2 aromatic heterocycles. The molecule has 13 heavy (non-hydrogen) atoms. The average Bonchev–Trinajstić information content (AvgIpc) is 2.72. The van der Waals surface area contributed by atoms with Crippen LogP contribution in [0.4, 0.5) is 0 Å². The van der Waals surface area contributed by atoms with Crippen LogP contribution in [0.15, 0.2) is 23.8 Å². The molecule has 3 nitrogen and oxygen atoms in total. The molecular formula is C9H10N2OS. The molecule has 0 spiro atoms. The summed E-state index contributed by atoms with van der Waals surface area (Å²) in [6, 6.07) is 1.92. The Morgan fingerprint density at radius 1 is 1.62 bits per heavy atom. The van der Waals surface area contributed by atoms with E-state index in [4.69, 9.17) is 0 Å². The Kier molecular flexibility index (Phi) is 2.16. The minimum absolute atomic E-state index is 0.599. The number of thiophene rings is 1. The number of hydrogen-bond acceptors (Lipinski definition) is 3. The van der Waals surface area contributed by atoms with Crippen molar-refractivity contribution < 1.29 is 5.11 Å². The maximum atomic E-state index is 9.86. The summed E-state index contributed by atoms with van der Waals surface area (Å²) in [6.07, 6.45) is 2.72. The molecule has 0 radical (unpaired) electrons. The average molecular weight is 194 g/mol. The second-order valence-electron chi connectivity index (χ2n) is 2.81. The fraction of sp³-hybridized carbons (Fsp3) is 0.222. The normalized spacial score (nSPS) is 13.1. The van der Waals surface area contributed by atoms with Crippen LogP contribution in [0.2, 0.25) is 0 Å². The van der Waals surface area contributed by atoms with Gasteiger partial charge < -0.3 is 10.1 Å². The minimum Gasteiger partial charge on any atom is -0.380 e. The predicted octanol–water partition coefficient (Wildman–Crippen LogP) is 1.86. The van der Waals surface area contributed by atoms with Crippen LogP contribution in [0, 0.1) is 6.92 Å². The van der Waals surface area contributed by atoms with Gasteiger partial charge in [0.05, 0.1) is 0 Å². The van der Waals surface area contributed by atoms with E-state index < -0.39 is 6.10 Å². The van der Waals surface area contributed by atoms with Crippen molar-refractivity contribution in [3.8, 4) is 0 Å². The molecule has 2 rings (SSSR count). The number of aliphatic hydroxyl groups is 1. The van der Waals surface area contributed by atoms with Crippen LogP contribution < -0.4 is 0 Å². The van der Waals surface area contributed by atoms with Crippen LogP contribution in [-0.4, -0.2) is 15.1 Å². The van der Waals surface area contributed by atoms with Gasteiger partial charge in [0.25, 0.3) is 0 Å². The van der Waals surface area contributed by atoms with E-state index in [-0.39, 0.29) is 0 Å². The standard InChI is InChI=1S/C9H10N2OS/c1-6-7(2-5-13-6)8(12)9-10-3-4-11-9/h2-5,8,12H,1H3,(H,10,11). The molecule has 0 bridgehead atoms. The van der Waals surface area contributed by atoms with Crippen molar-refractivity contribution >= 4 is 11.3 Å². The Bertz CT molecular complexity index is 380. The first kappa shape index (κ1) is 8.47. The van der Waals surface area contributed by atoms with Gasteiger partial charge in [-0.1, -0.05) is 0 Å². The fourth-order valence-corrected chi connectivity index (χ4v) is 1.99. The van der Waals surface area contributed by atoms with E-state index in [1.54, 1.807) is 23.7 Å². The van der Waals surface area contributed by atoms with Gasteiger partial charge in [-0.3, -0.25) is 0 Å². The van der Waals surface area contributed by atoms with Gasteiger partial charge in [0.15, 0.2) is 0 Å². The molecule has 0 fully saturated rings. The van der Waals surface area contributed by atoms with Crippen LogP contribution in [0.3, 0.4) is 0 Å². The van der Waals surface area contributed by atoms with Crippen LogP contribution in [-0.2, 0) is 0 Å². The summed E-state index contributed by atoms with van der Waals surface area (Å²) < 4.78 is 0. The molecule has 0 saturated carbocycles. The van der Waals surface area contributed by atoms with E-state index in [9.17, 15) is 5.11 Å². The number of nitrogens with zero attached hydrogens (tertiary/aromatic N) is 1. The highest BCUT2D eigenvalue weighted by atomic mass is 32.1. The summed E-state index contributed by atoms with van der Waals surface area (Å²) >= 11 is 1.63. The van der Waals surface area contributed by atoms with Crippen molar-refractivity contribution in [1.82, 2.24) is 9.97 Å². The zero-order valence-corrected chi connectivity index (χ0v) is 8.01. The summed E-state index contributed by atoms with van der Waals surface area (Å²) in [5, 5.41) is 11.8. The zero-order valence-electron chi connectivity index (χ0n) is 7.19. The molecule has 0 amide bonds. The van der Waals surface area contributed by atoms with Gasteiger partial charge in [-0.15, -0.1) is 11.3 Å². The van der Waals surface area contributed by atoms with Gasteiger partial charge in [-0.25, -0.2) is 4.98 Å². The Morgan fingerprint density at radius 2 is 2.46 bits per heavy atom. The van der Waals surface area contributed by atoms with Crippen molar-refractivity contribution in [3.05, 3.63) is 40.1 Å². The first-order valence-electron chi connectivity index (χ1n) is 4.00. The molecule has 68 valence electrons. The highest BCUT2D eigenvalue weighted by Gasteiger charge is 2.15. The number of rotatable bonds is 2. The van der Waals surface area contributed by atoms with Crippen molar-refractivity contribution in [1.29, 1.82) is 0 Å². The highest BCUT2D eigenvalue weighted by molar-refractivity contribution is 7.10. The van der Waals surface area contributed by atoms with Crippen LogP contribution >= 0.6 is 11.3 Å².